The maximum Gasteiger partial charge on any atom is 0.310 e. The molecule has 3 aliphatic rings. The topological polar surface area (TPSA) is 64.6 Å². The van der Waals surface area contributed by atoms with Crippen LogP contribution in [0.15, 0.2) is 24.3 Å². The first-order valence-corrected chi connectivity index (χ1v) is 7.33. The molecule has 2 aliphatic carbocycles. The van der Waals surface area contributed by atoms with E-state index in [1.54, 1.807) is 31.4 Å². The van der Waals surface area contributed by atoms with E-state index in [0.29, 0.717) is 0 Å². The molecular weight excluding hydrogens is 270 g/mol. The number of ether oxygens (including phenoxy) is 2. The Balaban J connectivity index is 1.51. The Kier molecular flexibility index (Phi) is 2.71. The van der Waals surface area contributed by atoms with Gasteiger partial charge in [-0.15, -0.1) is 0 Å². The van der Waals surface area contributed by atoms with Crippen molar-refractivity contribution in [2.75, 3.05) is 12.4 Å². The molecule has 0 radical (unpaired) electrons. The SMILES string of the molecule is COc1ccc(NC(=O)C2C3CC4OC(=O)C2C4C3)cc1. The largest absolute Gasteiger partial charge is 0.497 e. The fourth-order valence-corrected chi connectivity index (χ4v) is 4.26. The number of nitrogens with one attached hydrogen (secondary N) is 1. The van der Waals surface area contributed by atoms with Crippen molar-refractivity contribution >= 4 is 17.6 Å². The maximum atomic E-state index is 12.5. The Hall–Kier alpha value is -2.04. The molecule has 5 unspecified atom stereocenters. The van der Waals surface area contributed by atoms with E-state index < -0.39 is 0 Å². The fraction of sp³-hybridized carbons (Fsp3) is 0.500. The highest BCUT2D eigenvalue weighted by Gasteiger charge is 2.63. The lowest BCUT2D eigenvalue weighted by Gasteiger charge is -2.23. The first kappa shape index (κ1) is 12.7. The summed E-state index contributed by atoms with van der Waals surface area (Å²) >= 11 is 0. The molecule has 4 rings (SSSR count). The van der Waals surface area contributed by atoms with E-state index in [9.17, 15) is 9.59 Å². The third-order valence-corrected chi connectivity index (χ3v) is 5.14. The molecule has 5 atom stereocenters. The Morgan fingerprint density at radius 1 is 1.29 bits per heavy atom. The first-order valence-electron chi connectivity index (χ1n) is 7.33. The van der Waals surface area contributed by atoms with E-state index in [0.717, 1.165) is 24.3 Å². The zero-order chi connectivity index (χ0) is 14.6. The van der Waals surface area contributed by atoms with Crippen LogP contribution < -0.4 is 10.1 Å². The molecule has 21 heavy (non-hydrogen) atoms. The molecule has 5 nitrogen and oxygen atoms in total. The van der Waals surface area contributed by atoms with Crippen molar-refractivity contribution < 1.29 is 19.1 Å². The molecule has 1 aromatic rings. The van der Waals surface area contributed by atoms with Crippen LogP contribution >= 0.6 is 0 Å². The van der Waals surface area contributed by atoms with Gasteiger partial charge in [-0.2, -0.15) is 0 Å². The van der Waals surface area contributed by atoms with Crippen molar-refractivity contribution in [2.24, 2.45) is 23.7 Å². The van der Waals surface area contributed by atoms with Crippen LogP contribution in [0.4, 0.5) is 5.69 Å². The summed E-state index contributed by atoms with van der Waals surface area (Å²) in [6, 6.07) is 7.21. The van der Waals surface area contributed by atoms with Gasteiger partial charge in [-0.05, 0) is 43.0 Å². The summed E-state index contributed by atoms with van der Waals surface area (Å²) in [6.45, 7) is 0. The smallest absolute Gasteiger partial charge is 0.310 e. The highest BCUT2D eigenvalue weighted by molar-refractivity contribution is 5.97. The van der Waals surface area contributed by atoms with Gasteiger partial charge in [0.05, 0.1) is 18.9 Å². The number of esters is 1. The van der Waals surface area contributed by atoms with Gasteiger partial charge in [0.2, 0.25) is 5.91 Å². The molecule has 1 N–H and O–H groups in total. The minimum absolute atomic E-state index is 0.0602. The summed E-state index contributed by atoms with van der Waals surface area (Å²) in [5, 5.41) is 2.92. The van der Waals surface area contributed by atoms with E-state index in [2.05, 4.69) is 5.32 Å². The van der Waals surface area contributed by atoms with Gasteiger partial charge in [0.1, 0.15) is 11.9 Å². The summed E-state index contributed by atoms with van der Waals surface area (Å²) < 4.78 is 10.5. The maximum absolute atomic E-state index is 12.5. The number of carbonyl (C=O) groups is 2. The Labute approximate surface area is 122 Å². The summed E-state index contributed by atoms with van der Waals surface area (Å²) in [7, 11) is 1.60. The van der Waals surface area contributed by atoms with Crippen LogP contribution in [0, 0.1) is 23.7 Å². The molecule has 1 heterocycles. The molecule has 110 valence electrons. The minimum Gasteiger partial charge on any atom is -0.497 e. The molecule has 1 amide bonds. The number of anilines is 1. The fourth-order valence-electron chi connectivity index (χ4n) is 4.26. The van der Waals surface area contributed by atoms with Crippen molar-refractivity contribution in [3.05, 3.63) is 24.3 Å². The van der Waals surface area contributed by atoms with Crippen molar-refractivity contribution in [1.29, 1.82) is 0 Å². The van der Waals surface area contributed by atoms with E-state index in [-0.39, 0.29) is 41.7 Å². The Morgan fingerprint density at radius 3 is 2.76 bits per heavy atom. The number of carbonyl (C=O) groups excluding carboxylic acids is 2. The van der Waals surface area contributed by atoms with Crippen LogP contribution in [0.3, 0.4) is 0 Å². The normalized spacial score (nSPS) is 35.7. The third kappa shape index (κ3) is 1.83. The van der Waals surface area contributed by atoms with Gasteiger partial charge >= 0.3 is 5.97 Å². The quantitative estimate of drug-likeness (QED) is 0.861. The number of hydrogen-bond acceptors (Lipinski definition) is 4. The molecule has 0 aromatic heterocycles. The average Bonchev–Trinajstić information content (AvgIpc) is 3.09. The van der Waals surface area contributed by atoms with Gasteiger partial charge in [0, 0.05) is 11.6 Å². The van der Waals surface area contributed by atoms with E-state index in [1.807, 2.05) is 0 Å². The Bertz CT molecular complexity index is 595. The Morgan fingerprint density at radius 2 is 2.05 bits per heavy atom. The molecular formula is C16H17NO4. The van der Waals surface area contributed by atoms with Crippen molar-refractivity contribution in [3.8, 4) is 5.75 Å². The molecule has 5 heteroatoms. The van der Waals surface area contributed by atoms with E-state index in [1.165, 1.54) is 0 Å². The third-order valence-electron chi connectivity index (χ3n) is 5.14. The monoisotopic (exact) mass is 287 g/mol. The minimum atomic E-state index is -0.233. The molecule has 1 aliphatic heterocycles. The van der Waals surface area contributed by atoms with Gasteiger partial charge in [-0.25, -0.2) is 0 Å². The van der Waals surface area contributed by atoms with Crippen molar-refractivity contribution in [1.82, 2.24) is 0 Å². The second kappa shape index (κ2) is 4.48. The molecule has 0 spiro atoms. The van der Waals surface area contributed by atoms with Gasteiger partial charge in [0.15, 0.2) is 0 Å². The second-order valence-electron chi connectivity index (χ2n) is 6.14. The highest BCUT2D eigenvalue weighted by Crippen LogP contribution is 2.57. The lowest BCUT2D eigenvalue weighted by Crippen LogP contribution is -2.35. The number of hydrogen-bond donors (Lipinski definition) is 1. The van der Waals surface area contributed by atoms with Gasteiger partial charge < -0.3 is 14.8 Å². The van der Waals surface area contributed by atoms with Gasteiger partial charge in [-0.1, -0.05) is 0 Å². The van der Waals surface area contributed by atoms with Crippen LogP contribution in [0.25, 0.3) is 0 Å². The lowest BCUT2D eigenvalue weighted by atomic mass is 9.79. The van der Waals surface area contributed by atoms with Crippen molar-refractivity contribution in [2.45, 2.75) is 18.9 Å². The lowest BCUT2D eigenvalue weighted by molar-refractivity contribution is -0.145. The second-order valence-corrected chi connectivity index (χ2v) is 6.14. The van der Waals surface area contributed by atoms with Crippen LogP contribution in [-0.2, 0) is 14.3 Å². The highest BCUT2D eigenvalue weighted by atomic mass is 16.6. The van der Waals surface area contributed by atoms with Gasteiger partial charge in [-0.3, -0.25) is 9.59 Å². The predicted octanol–water partition coefficient (Wildman–Crippen LogP) is 1.83. The zero-order valence-corrected chi connectivity index (χ0v) is 11.7. The van der Waals surface area contributed by atoms with Crippen LogP contribution in [0.1, 0.15) is 12.8 Å². The zero-order valence-electron chi connectivity index (χ0n) is 11.7. The molecule has 3 fully saturated rings. The van der Waals surface area contributed by atoms with E-state index >= 15 is 0 Å². The molecule has 1 saturated heterocycles. The predicted molar refractivity (Wildman–Crippen MR) is 74.7 cm³/mol. The summed E-state index contributed by atoms with van der Waals surface area (Å²) in [5.74, 6) is 0.587. The number of rotatable bonds is 3. The number of methoxy groups -OCH3 is 1. The average molecular weight is 287 g/mol. The standard InChI is InChI=1S/C16H17NO4/c1-20-10-4-2-9(3-5-10)17-15(18)13-8-6-11-12(7-8)21-16(19)14(11)13/h2-5,8,11-14H,6-7H2,1H3,(H,17,18). The number of fused-ring (bicyclic) bond motifs is 1. The summed E-state index contributed by atoms with van der Waals surface area (Å²) in [6.07, 6.45) is 1.85. The summed E-state index contributed by atoms with van der Waals surface area (Å²) in [4.78, 5) is 24.5. The summed E-state index contributed by atoms with van der Waals surface area (Å²) in [5.41, 5.74) is 0.728. The van der Waals surface area contributed by atoms with Crippen LogP contribution in [-0.4, -0.2) is 25.1 Å². The number of benzene rings is 1. The first-order chi connectivity index (χ1) is 10.2. The van der Waals surface area contributed by atoms with Gasteiger partial charge in [0.25, 0.3) is 0 Å². The molecule has 1 aromatic carbocycles. The molecule has 2 saturated carbocycles. The van der Waals surface area contributed by atoms with Crippen LogP contribution in [0.2, 0.25) is 0 Å². The molecule has 2 bridgehead atoms. The van der Waals surface area contributed by atoms with Crippen LogP contribution in [0.5, 0.6) is 5.75 Å². The van der Waals surface area contributed by atoms with Crippen molar-refractivity contribution in [3.63, 3.8) is 0 Å². The number of amides is 1. The van der Waals surface area contributed by atoms with E-state index in [4.69, 9.17) is 9.47 Å².